The molecule has 30 heavy (non-hydrogen) atoms. The molecule has 1 unspecified atom stereocenters. The lowest BCUT2D eigenvalue weighted by Gasteiger charge is -2.14. The SMILES string of the molecule is C=CC(=O)N1CCC(n2nc(C#Cc3cc(Cl)cc(OC)c3)c3c(N)ncnc32)C1. The Morgan fingerprint density at radius 3 is 2.97 bits per heavy atom. The van der Waals surface area contributed by atoms with Crippen LogP contribution < -0.4 is 10.5 Å². The van der Waals surface area contributed by atoms with Crippen molar-refractivity contribution < 1.29 is 9.53 Å². The number of methoxy groups -OCH3 is 1. The van der Waals surface area contributed by atoms with Crippen molar-refractivity contribution >= 4 is 34.4 Å². The van der Waals surface area contributed by atoms with Gasteiger partial charge in [-0.15, -0.1) is 0 Å². The highest BCUT2D eigenvalue weighted by Crippen LogP contribution is 2.28. The fourth-order valence-electron chi connectivity index (χ4n) is 3.49. The Labute approximate surface area is 178 Å². The summed E-state index contributed by atoms with van der Waals surface area (Å²) in [4.78, 5) is 22.1. The smallest absolute Gasteiger partial charge is 0.246 e. The van der Waals surface area contributed by atoms with E-state index in [1.165, 1.54) is 12.4 Å². The van der Waals surface area contributed by atoms with Crippen molar-refractivity contribution in [1.29, 1.82) is 0 Å². The average Bonchev–Trinajstić information content (AvgIpc) is 3.37. The van der Waals surface area contributed by atoms with Crippen molar-refractivity contribution in [2.75, 3.05) is 25.9 Å². The summed E-state index contributed by atoms with van der Waals surface area (Å²) in [5.41, 5.74) is 7.85. The summed E-state index contributed by atoms with van der Waals surface area (Å²) in [6, 6.07) is 5.20. The first-order valence-electron chi connectivity index (χ1n) is 9.26. The molecule has 0 radical (unpaired) electrons. The number of carbonyl (C=O) groups is 1. The van der Waals surface area contributed by atoms with E-state index in [2.05, 4.69) is 33.5 Å². The second-order valence-electron chi connectivity index (χ2n) is 6.81. The first kappa shape index (κ1) is 19.7. The molecule has 8 nitrogen and oxygen atoms in total. The summed E-state index contributed by atoms with van der Waals surface area (Å²) in [6.45, 7) is 4.70. The third-order valence-corrected chi connectivity index (χ3v) is 5.16. The standard InChI is InChI=1S/C21H19ClN6O2/c1-3-18(29)27-7-6-15(11-27)28-21-19(20(23)24-12-25-21)17(26-28)5-4-13-8-14(22)10-16(9-13)30-2/h3,8-10,12,15H,1,6-7,11H2,2H3,(H2,23,24,25). The quantitative estimate of drug-likeness (QED) is 0.514. The monoisotopic (exact) mass is 422 g/mol. The van der Waals surface area contributed by atoms with E-state index in [4.69, 9.17) is 22.1 Å². The van der Waals surface area contributed by atoms with Gasteiger partial charge in [0.05, 0.1) is 18.5 Å². The van der Waals surface area contributed by atoms with E-state index in [-0.39, 0.29) is 11.9 Å². The predicted molar refractivity (Wildman–Crippen MR) is 114 cm³/mol. The largest absolute Gasteiger partial charge is 0.497 e. The maximum Gasteiger partial charge on any atom is 0.246 e. The number of hydrogen-bond acceptors (Lipinski definition) is 6. The number of anilines is 1. The molecule has 1 aliphatic heterocycles. The molecule has 0 aliphatic carbocycles. The molecular weight excluding hydrogens is 404 g/mol. The van der Waals surface area contributed by atoms with Crippen molar-refractivity contribution in [3.63, 3.8) is 0 Å². The minimum atomic E-state index is -0.0991. The van der Waals surface area contributed by atoms with E-state index >= 15 is 0 Å². The number of likely N-dealkylation sites (tertiary alicyclic amines) is 1. The zero-order valence-corrected chi connectivity index (χ0v) is 17.1. The summed E-state index contributed by atoms with van der Waals surface area (Å²) in [5.74, 6) is 6.93. The molecule has 1 amide bonds. The van der Waals surface area contributed by atoms with E-state index < -0.39 is 0 Å². The lowest BCUT2D eigenvalue weighted by atomic mass is 10.2. The number of halogens is 1. The van der Waals surface area contributed by atoms with E-state index in [9.17, 15) is 4.79 Å². The number of amides is 1. The fraction of sp³-hybridized carbons (Fsp3) is 0.238. The summed E-state index contributed by atoms with van der Waals surface area (Å²) < 4.78 is 7.02. The van der Waals surface area contributed by atoms with E-state index in [1.54, 1.807) is 34.9 Å². The maximum atomic E-state index is 11.9. The lowest BCUT2D eigenvalue weighted by Crippen LogP contribution is -2.27. The van der Waals surface area contributed by atoms with Crippen LogP contribution >= 0.6 is 11.6 Å². The van der Waals surface area contributed by atoms with E-state index in [1.807, 2.05) is 0 Å². The molecule has 9 heteroatoms. The summed E-state index contributed by atoms with van der Waals surface area (Å²) >= 11 is 6.13. The van der Waals surface area contributed by atoms with Crippen molar-refractivity contribution in [1.82, 2.24) is 24.6 Å². The number of aromatic nitrogens is 4. The van der Waals surface area contributed by atoms with Crippen LogP contribution in [0.25, 0.3) is 11.0 Å². The van der Waals surface area contributed by atoms with Crippen molar-refractivity contribution in [3.05, 3.63) is 53.5 Å². The first-order valence-corrected chi connectivity index (χ1v) is 9.64. The van der Waals surface area contributed by atoms with Crippen LogP contribution in [0.4, 0.5) is 5.82 Å². The molecule has 2 aromatic heterocycles. The molecule has 152 valence electrons. The predicted octanol–water partition coefficient (Wildman–Crippen LogP) is 2.43. The van der Waals surface area contributed by atoms with Crippen LogP contribution in [-0.4, -0.2) is 50.8 Å². The second-order valence-corrected chi connectivity index (χ2v) is 7.25. The summed E-state index contributed by atoms with van der Waals surface area (Å²) in [6.07, 6.45) is 3.47. The minimum Gasteiger partial charge on any atom is -0.497 e. The molecule has 1 aromatic carbocycles. The van der Waals surface area contributed by atoms with Gasteiger partial charge in [-0.25, -0.2) is 14.6 Å². The third-order valence-electron chi connectivity index (χ3n) is 4.95. The number of carbonyl (C=O) groups excluding carboxylic acids is 1. The van der Waals surface area contributed by atoms with Gasteiger partial charge in [0, 0.05) is 23.7 Å². The Bertz CT molecular complexity index is 1210. The topological polar surface area (TPSA) is 99.2 Å². The van der Waals surface area contributed by atoms with Gasteiger partial charge >= 0.3 is 0 Å². The number of nitrogens with two attached hydrogens (primary N) is 1. The molecule has 1 fully saturated rings. The first-order chi connectivity index (χ1) is 14.5. The van der Waals surface area contributed by atoms with E-state index in [0.717, 1.165) is 6.42 Å². The highest BCUT2D eigenvalue weighted by Gasteiger charge is 2.29. The number of ether oxygens (including phenoxy) is 1. The minimum absolute atomic E-state index is 0.0347. The zero-order valence-electron chi connectivity index (χ0n) is 16.3. The molecule has 1 aliphatic rings. The van der Waals surface area contributed by atoms with Gasteiger partial charge < -0.3 is 15.4 Å². The van der Waals surface area contributed by atoms with Crippen LogP contribution in [0.1, 0.15) is 23.7 Å². The van der Waals surface area contributed by atoms with Crippen LogP contribution in [0.15, 0.2) is 37.2 Å². The molecule has 0 spiro atoms. The van der Waals surface area contributed by atoms with Crippen molar-refractivity contribution in [2.45, 2.75) is 12.5 Å². The Hall–Kier alpha value is -3.57. The zero-order chi connectivity index (χ0) is 21.3. The summed E-state index contributed by atoms with van der Waals surface area (Å²) in [5, 5.41) is 5.78. The molecule has 0 saturated carbocycles. The van der Waals surface area contributed by atoms with E-state index in [0.29, 0.717) is 52.0 Å². The average molecular weight is 423 g/mol. The number of nitrogens with zero attached hydrogens (tertiary/aromatic N) is 5. The highest BCUT2D eigenvalue weighted by molar-refractivity contribution is 6.30. The van der Waals surface area contributed by atoms with Crippen molar-refractivity contribution in [2.24, 2.45) is 0 Å². The Morgan fingerprint density at radius 2 is 2.20 bits per heavy atom. The molecular formula is C21H19ClN6O2. The van der Waals surface area contributed by atoms with Gasteiger partial charge in [-0.1, -0.05) is 24.1 Å². The summed E-state index contributed by atoms with van der Waals surface area (Å²) in [7, 11) is 1.57. The Morgan fingerprint density at radius 1 is 1.37 bits per heavy atom. The van der Waals surface area contributed by atoms with Crippen LogP contribution in [0.5, 0.6) is 5.75 Å². The van der Waals surface area contributed by atoms with Gasteiger partial charge in [-0.2, -0.15) is 5.10 Å². The molecule has 3 heterocycles. The number of hydrogen-bond donors (Lipinski definition) is 1. The van der Waals surface area contributed by atoms with Crippen LogP contribution in [-0.2, 0) is 4.79 Å². The second kappa shape index (κ2) is 8.05. The molecule has 3 aromatic rings. The lowest BCUT2D eigenvalue weighted by molar-refractivity contribution is -0.125. The van der Waals surface area contributed by atoms with Crippen LogP contribution in [0.3, 0.4) is 0 Å². The van der Waals surface area contributed by atoms with Gasteiger partial charge in [0.25, 0.3) is 0 Å². The Balaban J connectivity index is 1.75. The van der Waals surface area contributed by atoms with Gasteiger partial charge in [0.1, 0.15) is 23.6 Å². The molecule has 1 saturated heterocycles. The third kappa shape index (κ3) is 3.67. The van der Waals surface area contributed by atoms with Gasteiger partial charge in [0.15, 0.2) is 5.65 Å². The molecule has 1 atom stereocenters. The van der Waals surface area contributed by atoms with Crippen LogP contribution in [0, 0.1) is 11.8 Å². The number of benzene rings is 1. The van der Waals surface area contributed by atoms with Crippen molar-refractivity contribution in [3.8, 4) is 17.6 Å². The number of rotatable bonds is 3. The van der Waals surface area contributed by atoms with Gasteiger partial charge in [-0.3, -0.25) is 4.79 Å². The number of nitrogen functional groups attached to an aromatic ring is 1. The van der Waals surface area contributed by atoms with Gasteiger partial charge in [-0.05, 0) is 36.6 Å². The molecule has 2 N–H and O–H groups in total. The van der Waals surface area contributed by atoms with Crippen LogP contribution in [0.2, 0.25) is 5.02 Å². The maximum absolute atomic E-state index is 11.9. The molecule has 4 rings (SSSR count). The Kier molecular flexibility index (Phi) is 5.29. The highest BCUT2D eigenvalue weighted by atomic mass is 35.5. The number of fused-ring (bicyclic) bond motifs is 1. The normalized spacial score (nSPS) is 15.7. The fourth-order valence-corrected chi connectivity index (χ4v) is 3.72. The van der Waals surface area contributed by atoms with Gasteiger partial charge in [0.2, 0.25) is 5.91 Å². The molecule has 0 bridgehead atoms.